The number of carbonyl (C=O) groups is 3. The second-order valence-electron chi connectivity index (χ2n) is 9.18. The first-order valence-corrected chi connectivity index (χ1v) is 12.7. The molecule has 5 N–H and O–H groups in total. The van der Waals surface area contributed by atoms with Crippen LogP contribution in [0.2, 0.25) is 0 Å². The maximum atomic E-state index is 14.1. The Labute approximate surface area is 221 Å². The third kappa shape index (κ3) is 6.08. The van der Waals surface area contributed by atoms with Crippen LogP contribution in [0.4, 0.5) is 11.4 Å². The molecule has 37 heavy (non-hydrogen) atoms. The van der Waals surface area contributed by atoms with Crippen molar-refractivity contribution in [2.45, 2.75) is 40.2 Å². The molecule has 0 aliphatic rings. The summed E-state index contributed by atoms with van der Waals surface area (Å²) in [5.41, 5.74) is 14.1. The van der Waals surface area contributed by atoms with E-state index >= 15 is 0 Å². The Bertz CT molecular complexity index is 1290. The number of methoxy groups -OCH3 is 1. The number of benzene rings is 2. The van der Waals surface area contributed by atoms with E-state index in [1.807, 2.05) is 26.0 Å². The molecule has 0 spiro atoms. The zero-order valence-electron chi connectivity index (χ0n) is 21.7. The van der Waals surface area contributed by atoms with Crippen LogP contribution >= 0.6 is 11.5 Å². The minimum absolute atomic E-state index is 0.0307. The maximum absolute atomic E-state index is 14.1. The summed E-state index contributed by atoms with van der Waals surface area (Å²) in [7, 11) is 1.56. The van der Waals surface area contributed by atoms with Gasteiger partial charge in [-0.25, -0.2) is 0 Å². The number of amides is 3. The lowest BCUT2D eigenvalue weighted by Crippen LogP contribution is -2.44. The van der Waals surface area contributed by atoms with Crippen molar-refractivity contribution in [3.8, 4) is 5.75 Å². The van der Waals surface area contributed by atoms with Gasteiger partial charge in [-0.15, -0.1) is 0 Å². The van der Waals surface area contributed by atoms with Gasteiger partial charge in [0, 0.05) is 12.2 Å². The van der Waals surface area contributed by atoms with E-state index < -0.39 is 17.9 Å². The Morgan fingerprint density at radius 1 is 1.11 bits per heavy atom. The first-order chi connectivity index (χ1) is 17.6. The van der Waals surface area contributed by atoms with Crippen LogP contribution < -0.4 is 26.4 Å². The van der Waals surface area contributed by atoms with Gasteiger partial charge < -0.3 is 21.5 Å². The molecule has 3 rings (SSSR count). The van der Waals surface area contributed by atoms with E-state index in [2.05, 4.69) is 23.5 Å². The third-order valence-electron chi connectivity index (χ3n) is 6.17. The standard InChI is InChI=1S/C27H33N5O4S/c1-15(2)13-14-30-26(34)23(18-9-11-19(36-5)12-10-18)32(20-8-6-7-16(3)17(20)4)27(35)24-21(28)22(25(29)33)31-37-24/h6-12,15,23H,13-14,28H2,1-5H3,(H2,29,33)(H,30,34)/t23-/m0/s1. The summed E-state index contributed by atoms with van der Waals surface area (Å²) in [4.78, 5) is 41.2. The van der Waals surface area contributed by atoms with Crippen molar-refractivity contribution in [1.29, 1.82) is 0 Å². The molecular weight excluding hydrogens is 490 g/mol. The third-order valence-corrected chi connectivity index (χ3v) is 7.02. The van der Waals surface area contributed by atoms with Gasteiger partial charge in [0.15, 0.2) is 5.69 Å². The Morgan fingerprint density at radius 2 is 1.78 bits per heavy atom. The van der Waals surface area contributed by atoms with Crippen molar-refractivity contribution in [3.63, 3.8) is 0 Å². The molecule has 1 heterocycles. The van der Waals surface area contributed by atoms with Crippen molar-refractivity contribution in [2.75, 3.05) is 24.3 Å². The second kappa shape index (κ2) is 11.9. The zero-order chi connectivity index (χ0) is 27.3. The number of primary amides is 1. The van der Waals surface area contributed by atoms with E-state index in [0.29, 0.717) is 29.5 Å². The second-order valence-corrected chi connectivity index (χ2v) is 9.96. The van der Waals surface area contributed by atoms with Gasteiger partial charge in [0.05, 0.1) is 12.8 Å². The normalized spacial score (nSPS) is 11.7. The summed E-state index contributed by atoms with van der Waals surface area (Å²) in [6.07, 6.45) is 0.780. The highest BCUT2D eigenvalue weighted by atomic mass is 32.1. The minimum Gasteiger partial charge on any atom is -0.497 e. The van der Waals surface area contributed by atoms with Crippen LogP contribution in [0.5, 0.6) is 5.75 Å². The van der Waals surface area contributed by atoms with Crippen LogP contribution in [0.25, 0.3) is 0 Å². The number of ether oxygens (including phenoxy) is 1. The molecule has 0 fully saturated rings. The highest BCUT2D eigenvalue weighted by Gasteiger charge is 2.36. The molecule has 1 atom stereocenters. The van der Waals surface area contributed by atoms with Crippen molar-refractivity contribution in [3.05, 3.63) is 69.7 Å². The van der Waals surface area contributed by atoms with Gasteiger partial charge in [-0.3, -0.25) is 19.3 Å². The predicted molar refractivity (Wildman–Crippen MR) is 146 cm³/mol. The van der Waals surface area contributed by atoms with Crippen LogP contribution in [0.15, 0.2) is 42.5 Å². The number of nitrogens with one attached hydrogen (secondary N) is 1. The number of aryl methyl sites for hydroxylation is 1. The van der Waals surface area contributed by atoms with Crippen molar-refractivity contribution < 1.29 is 19.1 Å². The average molecular weight is 524 g/mol. The topological polar surface area (TPSA) is 141 Å². The molecule has 10 heteroatoms. The summed E-state index contributed by atoms with van der Waals surface area (Å²) < 4.78 is 9.29. The fraction of sp³-hybridized carbons (Fsp3) is 0.333. The van der Waals surface area contributed by atoms with E-state index in [-0.39, 0.29) is 22.2 Å². The molecule has 0 aliphatic heterocycles. The molecule has 0 aliphatic carbocycles. The lowest BCUT2D eigenvalue weighted by atomic mass is 9.99. The molecule has 0 saturated carbocycles. The Balaban J connectivity index is 2.21. The van der Waals surface area contributed by atoms with E-state index in [0.717, 1.165) is 29.1 Å². The van der Waals surface area contributed by atoms with E-state index in [9.17, 15) is 14.4 Å². The molecule has 2 aromatic carbocycles. The number of hydrogen-bond donors (Lipinski definition) is 3. The number of aromatic nitrogens is 1. The number of nitrogen functional groups attached to an aromatic ring is 1. The lowest BCUT2D eigenvalue weighted by molar-refractivity contribution is -0.122. The molecular formula is C27H33N5O4S. The smallest absolute Gasteiger partial charge is 0.273 e. The monoisotopic (exact) mass is 523 g/mol. The highest BCUT2D eigenvalue weighted by Crippen LogP contribution is 2.36. The van der Waals surface area contributed by atoms with Crippen LogP contribution in [-0.2, 0) is 4.79 Å². The fourth-order valence-corrected chi connectivity index (χ4v) is 4.63. The molecule has 9 nitrogen and oxygen atoms in total. The van der Waals surface area contributed by atoms with Crippen molar-refractivity contribution >= 4 is 40.6 Å². The molecule has 3 amide bonds. The van der Waals surface area contributed by atoms with E-state index in [4.69, 9.17) is 16.2 Å². The average Bonchev–Trinajstić information content (AvgIpc) is 3.25. The zero-order valence-corrected chi connectivity index (χ0v) is 22.5. The quantitative estimate of drug-likeness (QED) is 0.367. The summed E-state index contributed by atoms with van der Waals surface area (Å²) in [6, 6.07) is 11.5. The highest BCUT2D eigenvalue weighted by molar-refractivity contribution is 7.09. The minimum atomic E-state index is -1.04. The number of anilines is 2. The Morgan fingerprint density at radius 3 is 2.35 bits per heavy atom. The molecule has 0 bridgehead atoms. The number of hydrogen-bond acceptors (Lipinski definition) is 7. The molecule has 0 radical (unpaired) electrons. The number of nitrogens with zero attached hydrogens (tertiary/aromatic N) is 2. The maximum Gasteiger partial charge on any atom is 0.273 e. The van der Waals surface area contributed by atoms with Crippen LogP contribution in [0.3, 0.4) is 0 Å². The van der Waals surface area contributed by atoms with E-state index in [1.54, 1.807) is 37.4 Å². The van der Waals surface area contributed by atoms with Gasteiger partial charge >= 0.3 is 0 Å². The van der Waals surface area contributed by atoms with Crippen molar-refractivity contribution in [2.24, 2.45) is 11.7 Å². The summed E-state index contributed by atoms with van der Waals surface area (Å²) in [5, 5.41) is 2.99. The van der Waals surface area contributed by atoms with Crippen molar-refractivity contribution in [1.82, 2.24) is 9.69 Å². The van der Waals surface area contributed by atoms with E-state index in [1.165, 1.54) is 4.90 Å². The van der Waals surface area contributed by atoms with Gasteiger partial charge in [-0.1, -0.05) is 38.1 Å². The number of rotatable bonds is 10. The van der Waals surface area contributed by atoms with Gasteiger partial charge in [-0.05, 0) is 72.6 Å². The molecule has 196 valence electrons. The van der Waals surface area contributed by atoms with Crippen LogP contribution in [-0.4, -0.2) is 35.7 Å². The summed E-state index contributed by atoms with van der Waals surface area (Å²) >= 11 is 0.779. The van der Waals surface area contributed by atoms with Gasteiger partial charge in [-0.2, -0.15) is 4.37 Å². The van der Waals surface area contributed by atoms with Crippen LogP contribution in [0, 0.1) is 19.8 Å². The van der Waals surface area contributed by atoms with Crippen LogP contribution in [0.1, 0.15) is 63.2 Å². The first kappa shape index (κ1) is 27.7. The van der Waals surface area contributed by atoms with Gasteiger partial charge in [0.25, 0.3) is 11.8 Å². The predicted octanol–water partition coefficient (Wildman–Crippen LogP) is 4.00. The number of nitrogens with two attached hydrogens (primary N) is 2. The Kier molecular flexibility index (Phi) is 8.88. The number of carbonyl (C=O) groups excluding carboxylic acids is 3. The first-order valence-electron chi connectivity index (χ1n) is 11.9. The summed E-state index contributed by atoms with van der Waals surface area (Å²) in [5.74, 6) is -0.732. The molecule has 3 aromatic rings. The van der Waals surface area contributed by atoms with Gasteiger partial charge in [0.1, 0.15) is 16.7 Å². The summed E-state index contributed by atoms with van der Waals surface area (Å²) in [6.45, 7) is 8.41. The molecule has 1 aromatic heterocycles. The molecule has 0 unspecified atom stereocenters. The lowest BCUT2D eigenvalue weighted by Gasteiger charge is -2.33. The SMILES string of the molecule is COc1ccc([C@@H](C(=O)NCCC(C)C)N(C(=O)c2snc(C(N)=O)c2N)c2cccc(C)c2C)cc1. The Hall–Kier alpha value is -3.92. The fourth-order valence-electron chi connectivity index (χ4n) is 3.89. The molecule has 0 saturated heterocycles. The largest absolute Gasteiger partial charge is 0.497 e. The van der Waals surface area contributed by atoms with Gasteiger partial charge in [0.2, 0.25) is 5.91 Å².